The monoisotopic (exact) mass is 287 g/mol. The predicted octanol–water partition coefficient (Wildman–Crippen LogP) is 2.46. The molecule has 0 aliphatic carbocycles. The first-order valence-electron chi connectivity index (χ1n) is 6.58. The second kappa shape index (κ2) is 5.87. The SMILES string of the molecule is CC(C)(CC(=O)O)CC(=O)Nc1ccc2nccnc2c1. The quantitative estimate of drug-likeness (QED) is 0.881. The topological polar surface area (TPSA) is 92.2 Å². The predicted molar refractivity (Wildman–Crippen MR) is 78.8 cm³/mol. The fourth-order valence-corrected chi connectivity index (χ4v) is 2.15. The molecule has 0 bridgehead atoms. The molecule has 0 aliphatic rings. The fourth-order valence-electron chi connectivity index (χ4n) is 2.15. The number of carboxylic acid groups (broad SMARTS) is 1. The van der Waals surface area contributed by atoms with E-state index in [4.69, 9.17) is 5.11 Å². The highest BCUT2D eigenvalue weighted by Crippen LogP contribution is 2.26. The van der Waals surface area contributed by atoms with Crippen LogP contribution in [0.1, 0.15) is 26.7 Å². The lowest BCUT2D eigenvalue weighted by atomic mass is 9.85. The average molecular weight is 287 g/mol. The molecule has 1 amide bonds. The molecule has 2 N–H and O–H groups in total. The average Bonchev–Trinajstić information content (AvgIpc) is 2.36. The van der Waals surface area contributed by atoms with E-state index in [2.05, 4.69) is 15.3 Å². The minimum Gasteiger partial charge on any atom is -0.481 e. The van der Waals surface area contributed by atoms with E-state index in [0.29, 0.717) is 11.2 Å². The molecule has 1 heterocycles. The third kappa shape index (κ3) is 4.24. The Kier molecular flexibility index (Phi) is 4.16. The summed E-state index contributed by atoms with van der Waals surface area (Å²) in [4.78, 5) is 31.1. The van der Waals surface area contributed by atoms with Crippen LogP contribution in [0.25, 0.3) is 11.0 Å². The Hall–Kier alpha value is -2.50. The Labute approximate surface area is 122 Å². The number of hydrogen-bond donors (Lipinski definition) is 2. The molecular weight excluding hydrogens is 270 g/mol. The summed E-state index contributed by atoms with van der Waals surface area (Å²) in [5.41, 5.74) is 1.48. The van der Waals surface area contributed by atoms with Crippen LogP contribution >= 0.6 is 0 Å². The van der Waals surface area contributed by atoms with Crippen LogP contribution in [-0.4, -0.2) is 27.0 Å². The molecule has 0 fully saturated rings. The third-order valence-corrected chi connectivity index (χ3v) is 3.02. The van der Waals surface area contributed by atoms with Crippen LogP contribution in [0.15, 0.2) is 30.6 Å². The van der Waals surface area contributed by atoms with Gasteiger partial charge in [-0.05, 0) is 23.6 Å². The number of nitrogens with one attached hydrogen (secondary N) is 1. The number of carbonyl (C=O) groups is 2. The van der Waals surface area contributed by atoms with E-state index < -0.39 is 11.4 Å². The largest absolute Gasteiger partial charge is 0.481 e. The Bertz CT molecular complexity index is 683. The molecule has 0 saturated carbocycles. The summed E-state index contributed by atoms with van der Waals surface area (Å²) >= 11 is 0. The molecule has 21 heavy (non-hydrogen) atoms. The highest BCUT2D eigenvalue weighted by Gasteiger charge is 2.25. The second-order valence-electron chi connectivity index (χ2n) is 5.72. The summed E-state index contributed by atoms with van der Waals surface area (Å²) in [6.45, 7) is 3.51. The van der Waals surface area contributed by atoms with Gasteiger partial charge in [-0.25, -0.2) is 0 Å². The summed E-state index contributed by atoms with van der Waals surface area (Å²) in [5.74, 6) is -1.13. The summed E-state index contributed by atoms with van der Waals surface area (Å²) in [6, 6.07) is 5.27. The Morgan fingerprint density at radius 3 is 2.48 bits per heavy atom. The van der Waals surface area contributed by atoms with Gasteiger partial charge >= 0.3 is 5.97 Å². The van der Waals surface area contributed by atoms with E-state index in [9.17, 15) is 9.59 Å². The Morgan fingerprint density at radius 1 is 1.14 bits per heavy atom. The first kappa shape index (κ1) is 14.9. The second-order valence-corrected chi connectivity index (χ2v) is 5.72. The zero-order valence-corrected chi connectivity index (χ0v) is 12.0. The van der Waals surface area contributed by atoms with Crippen LogP contribution in [0.4, 0.5) is 5.69 Å². The maximum atomic E-state index is 12.0. The molecule has 0 aliphatic heterocycles. The van der Waals surface area contributed by atoms with E-state index >= 15 is 0 Å². The maximum absolute atomic E-state index is 12.0. The minimum absolute atomic E-state index is 0.0520. The normalized spacial score (nSPS) is 11.3. The lowest BCUT2D eigenvalue weighted by molar-refractivity contribution is -0.139. The van der Waals surface area contributed by atoms with Gasteiger partial charge in [-0.2, -0.15) is 0 Å². The molecule has 0 saturated heterocycles. The van der Waals surface area contributed by atoms with E-state index in [1.54, 1.807) is 44.4 Å². The van der Waals surface area contributed by atoms with E-state index in [0.717, 1.165) is 5.52 Å². The van der Waals surface area contributed by atoms with Gasteiger partial charge in [0.05, 0.1) is 17.5 Å². The Balaban J connectivity index is 2.06. The van der Waals surface area contributed by atoms with Gasteiger partial charge in [0, 0.05) is 24.5 Å². The Morgan fingerprint density at radius 2 is 1.81 bits per heavy atom. The zero-order valence-electron chi connectivity index (χ0n) is 12.0. The van der Waals surface area contributed by atoms with Gasteiger partial charge in [-0.1, -0.05) is 13.8 Å². The van der Waals surface area contributed by atoms with Crippen molar-refractivity contribution in [2.24, 2.45) is 5.41 Å². The summed E-state index contributed by atoms with van der Waals surface area (Å²) in [7, 11) is 0. The van der Waals surface area contributed by atoms with E-state index in [1.165, 1.54) is 0 Å². The number of anilines is 1. The number of rotatable bonds is 5. The van der Waals surface area contributed by atoms with Gasteiger partial charge in [0.1, 0.15) is 0 Å². The van der Waals surface area contributed by atoms with Crippen molar-refractivity contribution in [3.63, 3.8) is 0 Å². The molecule has 0 radical (unpaired) electrons. The highest BCUT2D eigenvalue weighted by atomic mass is 16.4. The molecule has 1 aromatic carbocycles. The molecule has 0 atom stereocenters. The number of fused-ring (bicyclic) bond motifs is 1. The highest BCUT2D eigenvalue weighted by molar-refractivity contribution is 5.93. The van der Waals surface area contributed by atoms with Gasteiger partial charge < -0.3 is 10.4 Å². The van der Waals surface area contributed by atoms with Gasteiger partial charge in [0.25, 0.3) is 0 Å². The molecule has 2 rings (SSSR count). The van der Waals surface area contributed by atoms with Crippen molar-refractivity contribution in [1.29, 1.82) is 0 Å². The number of aliphatic carboxylic acids is 1. The molecule has 6 heteroatoms. The van der Waals surface area contributed by atoms with Crippen molar-refractivity contribution < 1.29 is 14.7 Å². The smallest absolute Gasteiger partial charge is 0.303 e. The summed E-state index contributed by atoms with van der Waals surface area (Å²) in [6.07, 6.45) is 3.28. The number of nitrogens with zero attached hydrogens (tertiary/aromatic N) is 2. The fraction of sp³-hybridized carbons (Fsp3) is 0.333. The number of carbonyl (C=O) groups excluding carboxylic acids is 1. The number of carboxylic acids is 1. The van der Waals surface area contributed by atoms with Crippen LogP contribution in [0, 0.1) is 5.41 Å². The number of amides is 1. The van der Waals surface area contributed by atoms with Gasteiger partial charge in [0.2, 0.25) is 5.91 Å². The van der Waals surface area contributed by atoms with Crippen molar-refractivity contribution >= 4 is 28.6 Å². The van der Waals surface area contributed by atoms with Crippen LogP contribution in [0.2, 0.25) is 0 Å². The molecule has 2 aromatic rings. The minimum atomic E-state index is -0.909. The van der Waals surface area contributed by atoms with Crippen molar-refractivity contribution in [3.8, 4) is 0 Å². The first-order valence-corrected chi connectivity index (χ1v) is 6.58. The summed E-state index contributed by atoms with van der Waals surface area (Å²) < 4.78 is 0. The standard InChI is InChI=1S/C15H17N3O3/c1-15(2,9-14(20)21)8-13(19)18-10-3-4-11-12(7-10)17-6-5-16-11/h3-7H,8-9H2,1-2H3,(H,18,19)(H,20,21). The van der Waals surface area contributed by atoms with Crippen molar-refractivity contribution in [3.05, 3.63) is 30.6 Å². The summed E-state index contributed by atoms with van der Waals surface area (Å²) in [5, 5.41) is 11.6. The third-order valence-electron chi connectivity index (χ3n) is 3.02. The van der Waals surface area contributed by atoms with Gasteiger partial charge in [-0.3, -0.25) is 19.6 Å². The van der Waals surface area contributed by atoms with Crippen LogP contribution in [0.3, 0.4) is 0 Å². The lowest BCUT2D eigenvalue weighted by Crippen LogP contribution is -2.24. The molecule has 6 nitrogen and oxygen atoms in total. The van der Waals surface area contributed by atoms with Crippen molar-refractivity contribution in [2.75, 3.05) is 5.32 Å². The zero-order chi connectivity index (χ0) is 15.5. The van der Waals surface area contributed by atoms with E-state index in [1.807, 2.05) is 0 Å². The molecule has 0 unspecified atom stereocenters. The van der Waals surface area contributed by atoms with Crippen molar-refractivity contribution in [1.82, 2.24) is 9.97 Å². The molecule has 0 spiro atoms. The van der Waals surface area contributed by atoms with Gasteiger partial charge in [0.15, 0.2) is 0 Å². The van der Waals surface area contributed by atoms with E-state index in [-0.39, 0.29) is 18.7 Å². The van der Waals surface area contributed by atoms with Crippen LogP contribution in [0.5, 0.6) is 0 Å². The number of hydrogen-bond acceptors (Lipinski definition) is 4. The first-order chi connectivity index (χ1) is 9.85. The lowest BCUT2D eigenvalue weighted by Gasteiger charge is -2.21. The molecule has 1 aromatic heterocycles. The van der Waals surface area contributed by atoms with Crippen LogP contribution < -0.4 is 5.32 Å². The number of benzene rings is 1. The van der Waals surface area contributed by atoms with Crippen molar-refractivity contribution in [2.45, 2.75) is 26.7 Å². The maximum Gasteiger partial charge on any atom is 0.303 e. The van der Waals surface area contributed by atoms with Crippen LogP contribution in [-0.2, 0) is 9.59 Å². The van der Waals surface area contributed by atoms with Gasteiger partial charge in [-0.15, -0.1) is 0 Å². The molecule has 110 valence electrons. The number of aromatic nitrogens is 2. The molecular formula is C15H17N3O3.